The van der Waals surface area contributed by atoms with Crippen molar-refractivity contribution in [3.8, 4) is 5.75 Å². The predicted molar refractivity (Wildman–Crippen MR) is 115 cm³/mol. The standard InChI is InChI=1S/C25H26N2O2/c1-17-12-13-18(2)22(16-17)27-25(28)24(19-8-4-3-5-9-19)26-21-14-15-29-23-11-7-6-10-20(21)23/h3-13,16,21,24,26H,14-15H2,1-2H3,(H,27,28)/p+1/t21-,24-/m1/s1. The van der Waals surface area contributed by atoms with Gasteiger partial charge in [-0.15, -0.1) is 0 Å². The molecule has 1 aliphatic rings. The van der Waals surface area contributed by atoms with Gasteiger partial charge < -0.3 is 15.4 Å². The van der Waals surface area contributed by atoms with Gasteiger partial charge in [0.2, 0.25) is 0 Å². The maximum atomic E-state index is 13.4. The number of rotatable bonds is 5. The molecule has 1 aliphatic heterocycles. The minimum atomic E-state index is -0.340. The summed E-state index contributed by atoms with van der Waals surface area (Å²) in [5.74, 6) is 0.913. The van der Waals surface area contributed by atoms with Gasteiger partial charge in [-0.1, -0.05) is 54.6 Å². The number of quaternary nitrogens is 1. The summed E-state index contributed by atoms with van der Waals surface area (Å²) in [5, 5.41) is 5.34. The Labute approximate surface area is 171 Å². The summed E-state index contributed by atoms with van der Waals surface area (Å²) in [7, 11) is 0. The zero-order valence-electron chi connectivity index (χ0n) is 16.9. The highest BCUT2D eigenvalue weighted by molar-refractivity contribution is 5.95. The molecule has 0 bridgehead atoms. The lowest BCUT2D eigenvalue weighted by molar-refractivity contribution is -0.723. The van der Waals surface area contributed by atoms with Gasteiger partial charge in [0, 0.05) is 17.7 Å². The lowest BCUT2D eigenvalue weighted by atomic mass is 9.97. The van der Waals surface area contributed by atoms with Gasteiger partial charge in [-0.25, -0.2) is 0 Å². The topological polar surface area (TPSA) is 54.9 Å². The molecule has 0 radical (unpaired) electrons. The Balaban J connectivity index is 1.63. The van der Waals surface area contributed by atoms with Crippen LogP contribution in [0.5, 0.6) is 5.75 Å². The molecule has 4 nitrogen and oxygen atoms in total. The molecular weight excluding hydrogens is 360 g/mol. The van der Waals surface area contributed by atoms with E-state index in [4.69, 9.17) is 4.74 Å². The predicted octanol–water partition coefficient (Wildman–Crippen LogP) is 4.07. The van der Waals surface area contributed by atoms with Gasteiger partial charge >= 0.3 is 0 Å². The molecule has 3 N–H and O–H groups in total. The fourth-order valence-corrected chi connectivity index (χ4v) is 3.89. The number of hydrogen-bond donors (Lipinski definition) is 2. The molecule has 1 amide bonds. The molecule has 4 heteroatoms. The molecule has 2 atom stereocenters. The number of ether oxygens (including phenoxy) is 1. The Morgan fingerprint density at radius 3 is 2.62 bits per heavy atom. The van der Waals surface area contributed by atoms with Crippen molar-refractivity contribution in [1.29, 1.82) is 0 Å². The van der Waals surface area contributed by atoms with Crippen molar-refractivity contribution in [2.24, 2.45) is 0 Å². The van der Waals surface area contributed by atoms with Crippen LogP contribution in [0.2, 0.25) is 0 Å². The number of nitrogens with one attached hydrogen (secondary N) is 1. The average Bonchev–Trinajstić information content (AvgIpc) is 2.75. The smallest absolute Gasteiger partial charge is 0.287 e. The SMILES string of the molecule is Cc1ccc(C)c(NC(=O)[C@H]([NH2+][C@@H]2CCOc3ccccc32)c2ccccc2)c1. The number of benzene rings is 3. The fourth-order valence-electron chi connectivity index (χ4n) is 3.89. The summed E-state index contributed by atoms with van der Waals surface area (Å²) >= 11 is 0. The Kier molecular flexibility index (Phi) is 5.63. The van der Waals surface area contributed by atoms with E-state index >= 15 is 0 Å². The maximum Gasteiger partial charge on any atom is 0.287 e. The van der Waals surface area contributed by atoms with Gasteiger partial charge in [0.25, 0.3) is 5.91 Å². The van der Waals surface area contributed by atoms with Crippen LogP contribution in [-0.4, -0.2) is 12.5 Å². The number of aryl methyl sites for hydroxylation is 2. The zero-order valence-corrected chi connectivity index (χ0v) is 16.9. The van der Waals surface area contributed by atoms with Crippen LogP contribution >= 0.6 is 0 Å². The first-order chi connectivity index (χ1) is 14.1. The second-order valence-electron chi connectivity index (χ2n) is 7.67. The first kappa shape index (κ1) is 19.2. The number of anilines is 1. The van der Waals surface area contributed by atoms with E-state index in [-0.39, 0.29) is 18.0 Å². The highest BCUT2D eigenvalue weighted by Gasteiger charge is 2.32. The van der Waals surface area contributed by atoms with Crippen molar-refractivity contribution in [3.63, 3.8) is 0 Å². The monoisotopic (exact) mass is 387 g/mol. The van der Waals surface area contributed by atoms with Gasteiger partial charge in [0.05, 0.1) is 12.2 Å². The first-order valence-corrected chi connectivity index (χ1v) is 10.1. The van der Waals surface area contributed by atoms with Crippen LogP contribution in [0.4, 0.5) is 5.69 Å². The number of para-hydroxylation sites is 1. The molecular formula is C25H27N2O2+. The Morgan fingerprint density at radius 1 is 1.03 bits per heavy atom. The minimum Gasteiger partial charge on any atom is -0.493 e. The number of carbonyl (C=O) groups is 1. The normalized spacial score (nSPS) is 16.4. The molecule has 0 spiro atoms. The first-order valence-electron chi connectivity index (χ1n) is 10.1. The summed E-state index contributed by atoms with van der Waals surface area (Å²) in [4.78, 5) is 13.4. The molecule has 3 aromatic carbocycles. The second-order valence-corrected chi connectivity index (χ2v) is 7.67. The van der Waals surface area contributed by atoms with Crippen molar-refractivity contribution in [3.05, 3.63) is 95.1 Å². The van der Waals surface area contributed by atoms with E-state index in [1.165, 1.54) is 0 Å². The third-order valence-electron chi connectivity index (χ3n) is 5.52. The van der Waals surface area contributed by atoms with Crippen LogP contribution < -0.4 is 15.4 Å². The molecule has 0 unspecified atom stereocenters. The highest BCUT2D eigenvalue weighted by Crippen LogP contribution is 2.30. The van der Waals surface area contributed by atoms with E-state index in [2.05, 4.69) is 22.8 Å². The van der Waals surface area contributed by atoms with E-state index < -0.39 is 0 Å². The lowest BCUT2D eigenvalue weighted by Crippen LogP contribution is -2.88. The van der Waals surface area contributed by atoms with E-state index in [0.717, 1.165) is 40.1 Å². The van der Waals surface area contributed by atoms with Crippen LogP contribution in [0.15, 0.2) is 72.8 Å². The van der Waals surface area contributed by atoms with Crippen molar-refractivity contribution < 1.29 is 14.8 Å². The van der Waals surface area contributed by atoms with Crippen molar-refractivity contribution >= 4 is 11.6 Å². The number of amides is 1. The van der Waals surface area contributed by atoms with Crippen LogP contribution in [0.25, 0.3) is 0 Å². The van der Waals surface area contributed by atoms with E-state index in [1.54, 1.807) is 0 Å². The summed E-state index contributed by atoms with van der Waals surface area (Å²) < 4.78 is 5.81. The van der Waals surface area contributed by atoms with Crippen molar-refractivity contribution in [2.75, 3.05) is 11.9 Å². The Morgan fingerprint density at radius 2 is 1.79 bits per heavy atom. The maximum absolute atomic E-state index is 13.4. The molecule has 0 aromatic heterocycles. The summed E-state index contributed by atoms with van der Waals surface area (Å²) in [6, 6.07) is 24.1. The van der Waals surface area contributed by atoms with Crippen molar-refractivity contribution in [1.82, 2.24) is 0 Å². The molecule has 0 saturated heterocycles. The quantitative estimate of drug-likeness (QED) is 0.693. The second kappa shape index (κ2) is 8.50. The van der Waals surface area contributed by atoms with Gasteiger partial charge in [0.1, 0.15) is 11.8 Å². The van der Waals surface area contributed by atoms with Crippen molar-refractivity contribution in [2.45, 2.75) is 32.4 Å². The van der Waals surface area contributed by atoms with Crippen LogP contribution in [0.3, 0.4) is 0 Å². The number of fused-ring (bicyclic) bond motifs is 1. The third kappa shape index (κ3) is 4.33. The molecule has 4 rings (SSSR count). The van der Waals surface area contributed by atoms with E-state index in [0.29, 0.717) is 6.61 Å². The van der Waals surface area contributed by atoms with Gasteiger partial charge in [-0.3, -0.25) is 4.79 Å². The lowest BCUT2D eigenvalue weighted by Gasteiger charge is -2.27. The largest absolute Gasteiger partial charge is 0.493 e. The molecule has 3 aromatic rings. The van der Waals surface area contributed by atoms with Gasteiger partial charge in [-0.05, 0) is 43.2 Å². The third-order valence-corrected chi connectivity index (χ3v) is 5.52. The number of hydrogen-bond acceptors (Lipinski definition) is 2. The molecule has 1 heterocycles. The number of carbonyl (C=O) groups excluding carboxylic acids is 1. The summed E-state index contributed by atoms with van der Waals surface area (Å²) in [5.41, 5.74) is 5.21. The molecule has 0 saturated carbocycles. The number of nitrogens with two attached hydrogens (primary N) is 1. The summed E-state index contributed by atoms with van der Waals surface area (Å²) in [6.07, 6.45) is 0.872. The Bertz CT molecular complexity index is 1000. The van der Waals surface area contributed by atoms with Gasteiger partial charge in [0.15, 0.2) is 6.04 Å². The average molecular weight is 388 g/mol. The highest BCUT2D eigenvalue weighted by atomic mass is 16.5. The molecule has 29 heavy (non-hydrogen) atoms. The van der Waals surface area contributed by atoms with Crippen LogP contribution in [0.1, 0.15) is 40.8 Å². The molecule has 0 fully saturated rings. The summed E-state index contributed by atoms with van der Waals surface area (Å²) in [6.45, 7) is 4.72. The molecule has 0 aliphatic carbocycles. The Hall–Kier alpha value is -3.11. The van der Waals surface area contributed by atoms with Crippen LogP contribution in [0, 0.1) is 13.8 Å². The fraction of sp³-hybridized carbons (Fsp3) is 0.240. The zero-order chi connectivity index (χ0) is 20.2. The molecule has 148 valence electrons. The van der Waals surface area contributed by atoms with E-state index in [1.807, 2.05) is 74.5 Å². The van der Waals surface area contributed by atoms with Gasteiger partial charge in [-0.2, -0.15) is 0 Å². The minimum absolute atomic E-state index is 0.00567. The van der Waals surface area contributed by atoms with Crippen LogP contribution in [-0.2, 0) is 4.79 Å². The van der Waals surface area contributed by atoms with E-state index in [9.17, 15) is 4.79 Å².